The van der Waals surface area contributed by atoms with Crippen molar-refractivity contribution in [1.82, 2.24) is 14.9 Å². The first-order valence-corrected chi connectivity index (χ1v) is 10.2. The molecule has 0 saturated carbocycles. The summed E-state index contributed by atoms with van der Waals surface area (Å²) in [5.74, 6) is 0.555. The Morgan fingerprint density at radius 2 is 1.94 bits per heavy atom. The fraction of sp³-hybridized carbons (Fsp3) is 0.200. The summed E-state index contributed by atoms with van der Waals surface area (Å²) in [5, 5.41) is 11.2. The molecule has 0 spiro atoms. The van der Waals surface area contributed by atoms with E-state index in [2.05, 4.69) is 9.97 Å². The number of methoxy groups -OCH3 is 1. The summed E-state index contributed by atoms with van der Waals surface area (Å²) in [6.45, 7) is 2.64. The van der Waals surface area contributed by atoms with Gasteiger partial charge in [-0.1, -0.05) is 31.2 Å². The quantitative estimate of drug-likeness (QED) is 0.460. The number of carbonyl (C=O) groups excluding carboxylic acids is 1. The fourth-order valence-corrected chi connectivity index (χ4v) is 3.78. The molecular formula is C25H25N3O3. The Morgan fingerprint density at radius 1 is 1.13 bits per heavy atom. The average Bonchev–Trinajstić information content (AvgIpc) is 3.22. The third-order valence-corrected chi connectivity index (χ3v) is 5.39. The van der Waals surface area contributed by atoms with Crippen LogP contribution >= 0.6 is 0 Å². The molecule has 6 heteroatoms. The van der Waals surface area contributed by atoms with Crippen molar-refractivity contribution in [2.75, 3.05) is 20.7 Å². The first-order valence-electron chi connectivity index (χ1n) is 10.2. The Kier molecular flexibility index (Phi) is 5.62. The number of ether oxygens (including phenoxy) is 1. The molecule has 0 aliphatic rings. The van der Waals surface area contributed by atoms with Crippen molar-refractivity contribution in [1.29, 1.82) is 0 Å². The number of carbonyl (C=O) groups is 1. The summed E-state index contributed by atoms with van der Waals surface area (Å²) in [5.41, 5.74) is 4.68. The molecule has 0 fully saturated rings. The molecule has 0 aliphatic heterocycles. The van der Waals surface area contributed by atoms with E-state index >= 15 is 0 Å². The van der Waals surface area contributed by atoms with Crippen LogP contribution in [-0.4, -0.2) is 46.6 Å². The van der Waals surface area contributed by atoms with Crippen molar-refractivity contribution in [3.63, 3.8) is 0 Å². The Labute approximate surface area is 181 Å². The molecular weight excluding hydrogens is 390 g/mol. The standard InChI is InChI=1S/C25H25N3O3/c1-4-11-28(2)25(30)20-12-16(9-10-22(20)29)17-13-19-21(15-27-24(19)26-14-17)18-7-5-6-8-23(18)31-3/h5-10,12-15,29H,4,11H2,1-3H3,(H,26,27). The van der Waals surface area contributed by atoms with Crippen molar-refractivity contribution < 1.29 is 14.6 Å². The van der Waals surface area contributed by atoms with Crippen LogP contribution in [0.25, 0.3) is 33.3 Å². The normalized spacial score (nSPS) is 10.9. The summed E-state index contributed by atoms with van der Waals surface area (Å²) in [6, 6.07) is 15.0. The number of benzene rings is 2. The van der Waals surface area contributed by atoms with E-state index in [0.717, 1.165) is 45.5 Å². The van der Waals surface area contributed by atoms with E-state index in [1.807, 2.05) is 43.5 Å². The highest BCUT2D eigenvalue weighted by molar-refractivity contribution is 5.99. The maximum absolute atomic E-state index is 12.8. The van der Waals surface area contributed by atoms with Crippen LogP contribution in [0, 0.1) is 0 Å². The zero-order valence-electron chi connectivity index (χ0n) is 17.8. The number of H-pyrrole nitrogens is 1. The molecule has 0 radical (unpaired) electrons. The minimum Gasteiger partial charge on any atom is -0.507 e. The molecule has 2 aromatic heterocycles. The Bertz CT molecular complexity index is 1250. The fourth-order valence-electron chi connectivity index (χ4n) is 3.78. The number of nitrogens with one attached hydrogen (secondary N) is 1. The average molecular weight is 415 g/mol. The van der Waals surface area contributed by atoms with Crippen molar-refractivity contribution in [3.8, 4) is 33.8 Å². The topological polar surface area (TPSA) is 78.5 Å². The smallest absolute Gasteiger partial charge is 0.257 e. The van der Waals surface area contributed by atoms with Gasteiger partial charge in [0.1, 0.15) is 17.1 Å². The van der Waals surface area contributed by atoms with Gasteiger partial charge in [-0.05, 0) is 36.2 Å². The third kappa shape index (κ3) is 3.84. The minimum absolute atomic E-state index is 0.0258. The van der Waals surface area contributed by atoms with Gasteiger partial charge in [0, 0.05) is 48.1 Å². The van der Waals surface area contributed by atoms with Crippen molar-refractivity contribution >= 4 is 16.9 Å². The van der Waals surface area contributed by atoms with Gasteiger partial charge in [-0.25, -0.2) is 4.98 Å². The second kappa shape index (κ2) is 8.52. The highest BCUT2D eigenvalue weighted by atomic mass is 16.5. The summed E-state index contributed by atoms with van der Waals surface area (Å²) in [7, 11) is 3.40. The number of aromatic nitrogens is 2. The first kappa shape index (κ1) is 20.5. The summed E-state index contributed by atoms with van der Waals surface area (Å²) in [4.78, 5) is 22.2. The molecule has 0 aliphatic carbocycles. The number of rotatable bonds is 6. The van der Waals surface area contributed by atoms with Crippen molar-refractivity contribution in [2.45, 2.75) is 13.3 Å². The zero-order chi connectivity index (χ0) is 22.0. The van der Waals surface area contributed by atoms with Gasteiger partial charge in [-0.15, -0.1) is 0 Å². The number of fused-ring (bicyclic) bond motifs is 1. The molecule has 158 valence electrons. The Hall–Kier alpha value is -3.80. The second-order valence-electron chi connectivity index (χ2n) is 7.48. The van der Waals surface area contributed by atoms with E-state index in [1.54, 1.807) is 43.5 Å². The molecule has 0 saturated heterocycles. The molecule has 31 heavy (non-hydrogen) atoms. The SMILES string of the molecule is CCCN(C)C(=O)c1cc(-c2cnc3[nH]cc(-c4ccccc4OC)c3c2)ccc1O. The van der Waals surface area contributed by atoms with Gasteiger partial charge in [0.2, 0.25) is 0 Å². The van der Waals surface area contributed by atoms with Crippen LogP contribution in [0.3, 0.4) is 0 Å². The summed E-state index contributed by atoms with van der Waals surface area (Å²) >= 11 is 0. The van der Waals surface area contributed by atoms with Crippen LogP contribution in [-0.2, 0) is 0 Å². The Balaban J connectivity index is 1.79. The highest BCUT2D eigenvalue weighted by Gasteiger charge is 2.17. The lowest BCUT2D eigenvalue weighted by Gasteiger charge is -2.17. The van der Waals surface area contributed by atoms with Gasteiger partial charge in [0.15, 0.2) is 0 Å². The molecule has 2 aromatic carbocycles. The van der Waals surface area contributed by atoms with Gasteiger partial charge >= 0.3 is 0 Å². The molecule has 6 nitrogen and oxygen atoms in total. The molecule has 0 bridgehead atoms. The second-order valence-corrected chi connectivity index (χ2v) is 7.48. The van der Waals surface area contributed by atoms with Crippen LogP contribution in [0.2, 0.25) is 0 Å². The number of amides is 1. The number of aromatic amines is 1. The molecule has 0 atom stereocenters. The third-order valence-electron chi connectivity index (χ3n) is 5.39. The van der Waals surface area contributed by atoms with Gasteiger partial charge in [-0.3, -0.25) is 4.79 Å². The number of nitrogens with zero attached hydrogens (tertiary/aromatic N) is 2. The number of phenolic OH excluding ortho intramolecular Hbond substituents is 1. The lowest BCUT2D eigenvalue weighted by Crippen LogP contribution is -2.27. The van der Waals surface area contributed by atoms with Crippen molar-refractivity contribution in [3.05, 3.63) is 66.5 Å². The van der Waals surface area contributed by atoms with E-state index < -0.39 is 0 Å². The van der Waals surface area contributed by atoms with E-state index in [1.165, 1.54) is 0 Å². The van der Waals surface area contributed by atoms with Gasteiger partial charge in [-0.2, -0.15) is 0 Å². The van der Waals surface area contributed by atoms with E-state index in [-0.39, 0.29) is 17.2 Å². The number of hydrogen-bond acceptors (Lipinski definition) is 4. The van der Waals surface area contributed by atoms with Crippen LogP contribution in [0.1, 0.15) is 23.7 Å². The minimum atomic E-state index is -0.202. The number of aromatic hydroxyl groups is 1. The Morgan fingerprint density at radius 3 is 2.71 bits per heavy atom. The van der Waals surface area contributed by atoms with Gasteiger partial charge in [0.25, 0.3) is 5.91 Å². The van der Waals surface area contributed by atoms with E-state index in [0.29, 0.717) is 6.54 Å². The van der Waals surface area contributed by atoms with E-state index in [4.69, 9.17) is 4.74 Å². The van der Waals surface area contributed by atoms with Gasteiger partial charge in [0.05, 0.1) is 12.7 Å². The predicted octanol–water partition coefficient (Wildman–Crippen LogP) is 5.09. The van der Waals surface area contributed by atoms with Gasteiger partial charge < -0.3 is 19.7 Å². The molecule has 4 rings (SSSR count). The van der Waals surface area contributed by atoms with E-state index in [9.17, 15) is 9.90 Å². The molecule has 4 aromatic rings. The highest BCUT2D eigenvalue weighted by Crippen LogP contribution is 2.36. The maximum atomic E-state index is 12.8. The maximum Gasteiger partial charge on any atom is 0.257 e. The number of pyridine rings is 1. The summed E-state index contributed by atoms with van der Waals surface area (Å²) < 4.78 is 5.53. The first-order chi connectivity index (χ1) is 15.0. The van der Waals surface area contributed by atoms with Crippen LogP contribution < -0.4 is 4.74 Å². The molecule has 2 heterocycles. The number of phenols is 1. The number of hydrogen-bond donors (Lipinski definition) is 2. The molecule has 2 N–H and O–H groups in total. The lowest BCUT2D eigenvalue weighted by molar-refractivity contribution is 0.0792. The zero-order valence-corrected chi connectivity index (χ0v) is 17.8. The van der Waals surface area contributed by atoms with Crippen molar-refractivity contribution in [2.24, 2.45) is 0 Å². The number of para-hydroxylation sites is 1. The largest absolute Gasteiger partial charge is 0.507 e. The lowest BCUT2D eigenvalue weighted by atomic mass is 10.00. The molecule has 1 amide bonds. The summed E-state index contributed by atoms with van der Waals surface area (Å²) in [6.07, 6.45) is 4.54. The molecule has 0 unspecified atom stereocenters. The monoisotopic (exact) mass is 415 g/mol. The van der Waals surface area contributed by atoms with Crippen LogP contribution in [0.5, 0.6) is 11.5 Å². The van der Waals surface area contributed by atoms with Crippen LogP contribution in [0.4, 0.5) is 0 Å². The predicted molar refractivity (Wildman–Crippen MR) is 122 cm³/mol. The van der Waals surface area contributed by atoms with Crippen LogP contribution in [0.15, 0.2) is 60.9 Å².